The summed E-state index contributed by atoms with van der Waals surface area (Å²) in [5, 5.41) is 3.74. The number of ether oxygens (including phenoxy) is 1. The molecule has 0 aliphatic carbocycles. The van der Waals surface area contributed by atoms with Crippen LogP contribution < -0.4 is 5.73 Å². The molecule has 0 saturated carbocycles. The highest BCUT2D eigenvalue weighted by Gasteiger charge is 2.11. The second kappa shape index (κ2) is 4.87. The van der Waals surface area contributed by atoms with Crippen molar-refractivity contribution in [3.8, 4) is 0 Å². The Hall–Kier alpha value is -1.03. The van der Waals surface area contributed by atoms with Crippen molar-refractivity contribution in [1.29, 1.82) is 0 Å². The van der Waals surface area contributed by atoms with Crippen LogP contribution in [0.3, 0.4) is 0 Å². The average Bonchev–Trinajstić information content (AvgIpc) is 2.46. The Bertz CT molecular complexity index is 258. The van der Waals surface area contributed by atoms with Gasteiger partial charge in [0, 0.05) is 19.1 Å². The molecule has 0 saturated heterocycles. The predicted octanol–water partition coefficient (Wildman–Crippen LogP) is 1.40. The summed E-state index contributed by atoms with van der Waals surface area (Å²) in [6.45, 7) is 2.75. The third-order valence-electron chi connectivity index (χ3n) is 1.93. The average molecular weight is 184 g/mol. The van der Waals surface area contributed by atoms with Gasteiger partial charge in [0.05, 0.1) is 6.61 Å². The van der Waals surface area contributed by atoms with Crippen LogP contribution in [0, 0.1) is 0 Å². The molecule has 4 heteroatoms. The molecule has 0 fully saturated rings. The molecule has 0 radical (unpaired) electrons. The molecular formula is C9H16N2O2. The Labute approximate surface area is 78.0 Å². The fourth-order valence-electron chi connectivity index (χ4n) is 1.27. The van der Waals surface area contributed by atoms with Crippen molar-refractivity contribution in [2.45, 2.75) is 26.2 Å². The van der Waals surface area contributed by atoms with Crippen molar-refractivity contribution in [3.05, 3.63) is 11.3 Å². The quantitative estimate of drug-likeness (QED) is 0.751. The molecule has 13 heavy (non-hydrogen) atoms. The third kappa shape index (κ3) is 2.45. The summed E-state index contributed by atoms with van der Waals surface area (Å²) in [4.78, 5) is 0. The molecule has 0 aliphatic rings. The Morgan fingerprint density at radius 2 is 2.23 bits per heavy atom. The highest BCUT2D eigenvalue weighted by molar-refractivity contribution is 5.40. The van der Waals surface area contributed by atoms with Crippen molar-refractivity contribution in [2.75, 3.05) is 19.5 Å². The summed E-state index contributed by atoms with van der Waals surface area (Å²) in [5.74, 6) is 1.38. The third-order valence-corrected chi connectivity index (χ3v) is 1.93. The van der Waals surface area contributed by atoms with Crippen molar-refractivity contribution >= 4 is 5.82 Å². The van der Waals surface area contributed by atoms with Crippen LogP contribution in [0.25, 0.3) is 0 Å². The van der Waals surface area contributed by atoms with Crippen molar-refractivity contribution in [3.63, 3.8) is 0 Å². The summed E-state index contributed by atoms with van der Waals surface area (Å²) >= 11 is 0. The monoisotopic (exact) mass is 184 g/mol. The zero-order valence-corrected chi connectivity index (χ0v) is 8.17. The lowest BCUT2D eigenvalue weighted by Crippen LogP contribution is -1.98. The molecule has 1 aromatic rings. The van der Waals surface area contributed by atoms with E-state index in [1.807, 2.05) is 0 Å². The fraction of sp³-hybridized carbons (Fsp3) is 0.667. The first-order valence-electron chi connectivity index (χ1n) is 4.51. The molecule has 1 aromatic heterocycles. The second-order valence-electron chi connectivity index (χ2n) is 2.96. The molecule has 0 atom stereocenters. The zero-order chi connectivity index (χ0) is 9.68. The number of hydrogen-bond acceptors (Lipinski definition) is 4. The highest BCUT2D eigenvalue weighted by Crippen LogP contribution is 2.18. The molecule has 4 nitrogen and oxygen atoms in total. The van der Waals surface area contributed by atoms with Gasteiger partial charge in [-0.1, -0.05) is 18.5 Å². The molecule has 0 unspecified atom stereocenters. The van der Waals surface area contributed by atoms with E-state index in [4.69, 9.17) is 15.0 Å². The van der Waals surface area contributed by atoms with Gasteiger partial charge in [0.2, 0.25) is 0 Å². The van der Waals surface area contributed by atoms with Crippen LogP contribution in [-0.4, -0.2) is 18.9 Å². The normalized spacial score (nSPS) is 10.6. The number of nitrogen functional groups attached to an aromatic ring is 1. The minimum absolute atomic E-state index is 0.521. The van der Waals surface area contributed by atoms with E-state index < -0.39 is 0 Å². The van der Waals surface area contributed by atoms with Crippen LogP contribution in [0.15, 0.2) is 4.52 Å². The minimum atomic E-state index is 0.521. The van der Waals surface area contributed by atoms with E-state index in [1.54, 1.807) is 7.11 Å². The van der Waals surface area contributed by atoms with Crippen LogP contribution in [-0.2, 0) is 17.6 Å². The molecule has 0 amide bonds. The number of methoxy groups -OCH3 is 1. The maximum atomic E-state index is 5.65. The number of anilines is 1. The van der Waals surface area contributed by atoms with E-state index >= 15 is 0 Å². The maximum absolute atomic E-state index is 5.65. The Morgan fingerprint density at radius 1 is 1.46 bits per heavy atom. The molecule has 0 aliphatic heterocycles. The summed E-state index contributed by atoms with van der Waals surface area (Å²) in [5.41, 5.74) is 6.69. The van der Waals surface area contributed by atoms with Gasteiger partial charge < -0.3 is 15.0 Å². The number of aromatic nitrogens is 1. The molecule has 0 spiro atoms. The van der Waals surface area contributed by atoms with E-state index in [1.165, 1.54) is 0 Å². The van der Waals surface area contributed by atoms with Crippen molar-refractivity contribution in [1.82, 2.24) is 5.16 Å². The molecule has 2 N–H and O–H groups in total. The Morgan fingerprint density at radius 3 is 2.85 bits per heavy atom. The smallest absolute Gasteiger partial charge is 0.170 e. The fourth-order valence-corrected chi connectivity index (χ4v) is 1.27. The Kier molecular flexibility index (Phi) is 3.76. The first kappa shape index (κ1) is 10.1. The van der Waals surface area contributed by atoms with E-state index in [0.29, 0.717) is 12.4 Å². The molecule has 0 bridgehead atoms. The van der Waals surface area contributed by atoms with Gasteiger partial charge in [-0.15, -0.1) is 0 Å². The van der Waals surface area contributed by atoms with Gasteiger partial charge in [-0.25, -0.2) is 0 Å². The molecular weight excluding hydrogens is 168 g/mol. The minimum Gasteiger partial charge on any atom is -0.384 e. The van der Waals surface area contributed by atoms with E-state index in [-0.39, 0.29) is 0 Å². The number of nitrogens with two attached hydrogens (primary N) is 1. The summed E-state index contributed by atoms with van der Waals surface area (Å²) in [6.07, 6.45) is 2.72. The van der Waals surface area contributed by atoms with Crippen LogP contribution in [0.1, 0.15) is 24.7 Å². The van der Waals surface area contributed by atoms with Gasteiger partial charge in [-0.05, 0) is 6.42 Å². The van der Waals surface area contributed by atoms with Gasteiger partial charge in [0.1, 0.15) is 5.76 Å². The van der Waals surface area contributed by atoms with Gasteiger partial charge in [0.25, 0.3) is 0 Å². The summed E-state index contributed by atoms with van der Waals surface area (Å²) in [6, 6.07) is 0. The lowest BCUT2D eigenvalue weighted by atomic mass is 10.1. The van der Waals surface area contributed by atoms with Crippen LogP contribution in [0.2, 0.25) is 0 Å². The number of hydrogen-bond donors (Lipinski definition) is 1. The second-order valence-corrected chi connectivity index (χ2v) is 2.96. The molecule has 74 valence electrons. The first-order valence-corrected chi connectivity index (χ1v) is 4.51. The van der Waals surface area contributed by atoms with Crippen LogP contribution in [0.5, 0.6) is 0 Å². The van der Waals surface area contributed by atoms with Gasteiger partial charge in [-0.2, -0.15) is 0 Å². The Balaban J connectivity index is 2.68. The first-order chi connectivity index (χ1) is 6.29. The SMILES string of the molecule is CCCc1c(N)noc1CCOC. The van der Waals surface area contributed by atoms with E-state index in [2.05, 4.69) is 12.1 Å². The largest absolute Gasteiger partial charge is 0.384 e. The predicted molar refractivity (Wildman–Crippen MR) is 50.5 cm³/mol. The molecule has 0 aromatic carbocycles. The lowest BCUT2D eigenvalue weighted by molar-refractivity contribution is 0.193. The maximum Gasteiger partial charge on any atom is 0.170 e. The number of rotatable bonds is 5. The van der Waals surface area contributed by atoms with Gasteiger partial charge in [-0.3, -0.25) is 0 Å². The van der Waals surface area contributed by atoms with Crippen LogP contribution >= 0.6 is 0 Å². The standard InChI is InChI=1S/C9H16N2O2/c1-3-4-7-8(5-6-12-2)13-11-9(7)10/h3-6H2,1-2H3,(H2,10,11). The van der Waals surface area contributed by atoms with Gasteiger partial charge >= 0.3 is 0 Å². The summed E-state index contributed by atoms with van der Waals surface area (Å²) in [7, 11) is 1.67. The van der Waals surface area contributed by atoms with E-state index in [9.17, 15) is 0 Å². The van der Waals surface area contributed by atoms with Gasteiger partial charge in [0.15, 0.2) is 5.82 Å². The molecule has 1 heterocycles. The van der Waals surface area contributed by atoms with Crippen molar-refractivity contribution in [2.24, 2.45) is 0 Å². The van der Waals surface area contributed by atoms with Crippen molar-refractivity contribution < 1.29 is 9.26 Å². The highest BCUT2D eigenvalue weighted by atomic mass is 16.5. The van der Waals surface area contributed by atoms with E-state index in [0.717, 1.165) is 30.6 Å². The van der Waals surface area contributed by atoms with Crippen LogP contribution in [0.4, 0.5) is 5.82 Å². The topological polar surface area (TPSA) is 61.3 Å². The number of nitrogens with zero attached hydrogens (tertiary/aromatic N) is 1. The molecule has 1 rings (SSSR count). The summed E-state index contributed by atoms with van der Waals surface area (Å²) < 4.78 is 10.1. The zero-order valence-electron chi connectivity index (χ0n) is 8.17. The lowest BCUT2D eigenvalue weighted by Gasteiger charge is -1.98.